The van der Waals surface area contributed by atoms with Gasteiger partial charge in [-0.1, -0.05) is 6.92 Å². The molecule has 0 spiro atoms. The van der Waals surface area contributed by atoms with E-state index in [1.165, 1.54) is 0 Å². The highest BCUT2D eigenvalue weighted by Gasteiger charge is 2.12. The summed E-state index contributed by atoms with van der Waals surface area (Å²) in [5.74, 6) is -0.213. The zero-order valence-corrected chi connectivity index (χ0v) is 10.5. The van der Waals surface area contributed by atoms with Crippen molar-refractivity contribution in [1.29, 1.82) is 5.26 Å². The van der Waals surface area contributed by atoms with Crippen LogP contribution < -0.4 is 0 Å². The lowest BCUT2D eigenvalue weighted by Gasteiger charge is -2.11. The van der Waals surface area contributed by atoms with E-state index in [0.29, 0.717) is 12.2 Å². The molecule has 0 N–H and O–H groups in total. The first-order valence-corrected chi connectivity index (χ1v) is 5.80. The zero-order valence-electron chi connectivity index (χ0n) is 10.5. The maximum absolute atomic E-state index is 11.5. The van der Waals surface area contributed by atoms with E-state index in [4.69, 9.17) is 10.00 Å². The molecule has 0 fully saturated rings. The third-order valence-corrected chi connectivity index (χ3v) is 2.70. The van der Waals surface area contributed by atoms with Crippen LogP contribution in [0.15, 0.2) is 12.1 Å². The van der Waals surface area contributed by atoms with E-state index in [1.807, 2.05) is 26.0 Å². The molecule has 0 atom stereocenters. The van der Waals surface area contributed by atoms with Gasteiger partial charge in [0, 0.05) is 0 Å². The Morgan fingerprint density at radius 2 is 2.12 bits per heavy atom. The Kier molecular flexibility index (Phi) is 4.71. The number of nitriles is 1. The van der Waals surface area contributed by atoms with Crippen molar-refractivity contribution in [3.05, 3.63) is 34.4 Å². The first-order chi connectivity index (χ1) is 8.12. The molecule has 0 aliphatic carbocycles. The molecule has 0 heterocycles. The Bertz CT molecular complexity index is 458. The van der Waals surface area contributed by atoms with Crippen LogP contribution in [0.1, 0.15) is 36.1 Å². The van der Waals surface area contributed by atoms with Gasteiger partial charge in [-0.2, -0.15) is 5.26 Å². The van der Waals surface area contributed by atoms with Crippen molar-refractivity contribution in [2.45, 2.75) is 33.6 Å². The van der Waals surface area contributed by atoms with Gasteiger partial charge in [-0.3, -0.25) is 4.79 Å². The topological polar surface area (TPSA) is 50.1 Å². The molecule has 17 heavy (non-hydrogen) atoms. The number of benzene rings is 1. The number of hydrogen-bond acceptors (Lipinski definition) is 3. The summed E-state index contributed by atoms with van der Waals surface area (Å²) in [6.07, 6.45) is 1.10. The molecule has 0 amide bonds. The summed E-state index contributed by atoms with van der Waals surface area (Å²) in [4.78, 5) is 11.5. The average Bonchev–Trinajstić information content (AvgIpc) is 2.31. The molecule has 0 bridgehead atoms. The molecule has 0 unspecified atom stereocenters. The fraction of sp³-hybridized carbons (Fsp3) is 0.429. The van der Waals surface area contributed by atoms with Gasteiger partial charge in [0.15, 0.2) is 0 Å². The van der Waals surface area contributed by atoms with Gasteiger partial charge in [0.05, 0.1) is 24.7 Å². The first-order valence-electron chi connectivity index (χ1n) is 5.80. The van der Waals surface area contributed by atoms with E-state index in [-0.39, 0.29) is 12.4 Å². The van der Waals surface area contributed by atoms with Crippen molar-refractivity contribution in [2.75, 3.05) is 6.61 Å². The second-order valence-electron chi connectivity index (χ2n) is 3.88. The summed E-state index contributed by atoms with van der Waals surface area (Å²) in [5, 5.41) is 8.90. The molecule has 1 rings (SSSR count). The first kappa shape index (κ1) is 13.2. The third kappa shape index (κ3) is 3.32. The van der Waals surface area contributed by atoms with Crippen LogP contribution in [0.2, 0.25) is 0 Å². The van der Waals surface area contributed by atoms with Crippen molar-refractivity contribution in [3.63, 3.8) is 0 Å². The smallest absolute Gasteiger partial charge is 0.310 e. The van der Waals surface area contributed by atoms with Gasteiger partial charge >= 0.3 is 5.97 Å². The lowest BCUT2D eigenvalue weighted by Crippen LogP contribution is -2.10. The number of hydrogen-bond donors (Lipinski definition) is 0. The van der Waals surface area contributed by atoms with Gasteiger partial charge in [0.2, 0.25) is 0 Å². The molecule has 3 nitrogen and oxygen atoms in total. The van der Waals surface area contributed by atoms with Crippen molar-refractivity contribution in [1.82, 2.24) is 0 Å². The average molecular weight is 231 g/mol. The number of carbonyl (C=O) groups excluding carboxylic acids is 1. The number of rotatable bonds is 4. The Morgan fingerprint density at radius 3 is 2.65 bits per heavy atom. The number of esters is 1. The molecular formula is C14H17NO2. The van der Waals surface area contributed by atoms with E-state index < -0.39 is 0 Å². The normalized spacial score (nSPS) is 9.76. The predicted molar refractivity (Wildman–Crippen MR) is 65.6 cm³/mol. The zero-order chi connectivity index (χ0) is 12.8. The van der Waals surface area contributed by atoms with Crippen molar-refractivity contribution < 1.29 is 9.53 Å². The highest BCUT2D eigenvalue weighted by Crippen LogP contribution is 2.19. The Morgan fingerprint density at radius 1 is 1.41 bits per heavy atom. The van der Waals surface area contributed by atoms with Gasteiger partial charge in [-0.25, -0.2) is 0 Å². The van der Waals surface area contributed by atoms with Crippen LogP contribution in [-0.2, 0) is 22.4 Å². The van der Waals surface area contributed by atoms with E-state index in [1.54, 1.807) is 6.92 Å². The summed E-state index contributed by atoms with van der Waals surface area (Å²) >= 11 is 0. The van der Waals surface area contributed by atoms with E-state index in [0.717, 1.165) is 23.1 Å². The highest BCUT2D eigenvalue weighted by atomic mass is 16.5. The van der Waals surface area contributed by atoms with E-state index >= 15 is 0 Å². The molecule has 90 valence electrons. The van der Waals surface area contributed by atoms with Crippen LogP contribution >= 0.6 is 0 Å². The summed E-state index contributed by atoms with van der Waals surface area (Å²) in [5.41, 5.74) is 3.67. The Labute approximate surface area is 102 Å². The van der Waals surface area contributed by atoms with Crippen LogP contribution in [0.3, 0.4) is 0 Å². The number of ether oxygens (including phenoxy) is 1. The molecule has 0 saturated carbocycles. The molecule has 0 aliphatic rings. The summed E-state index contributed by atoms with van der Waals surface area (Å²) in [7, 11) is 0. The lowest BCUT2D eigenvalue weighted by molar-refractivity contribution is -0.142. The molecular weight excluding hydrogens is 214 g/mol. The van der Waals surface area contributed by atoms with Crippen LogP contribution in [0, 0.1) is 18.3 Å². The SMILES string of the molecule is CCOC(=O)Cc1c(C)cc(C#N)cc1CC. The second-order valence-corrected chi connectivity index (χ2v) is 3.88. The fourth-order valence-corrected chi connectivity index (χ4v) is 1.88. The minimum absolute atomic E-state index is 0.213. The summed E-state index contributed by atoms with van der Waals surface area (Å²) in [6.45, 7) is 6.14. The molecule has 0 radical (unpaired) electrons. The maximum Gasteiger partial charge on any atom is 0.310 e. The predicted octanol–water partition coefficient (Wildman–Crippen LogP) is 2.53. The van der Waals surface area contributed by atoms with Crippen molar-refractivity contribution >= 4 is 5.97 Å². The standard InChI is InChI=1S/C14H17NO2/c1-4-12-7-11(9-15)6-10(3)13(12)8-14(16)17-5-2/h6-7H,4-5,8H2,1-3H3. The molecule has 1 aromatic rings. The Balaban J connectivity index is 3.06. The van der Waals surface area contributed by atoms with Gasteiger partial charge in [0.25, 0.3) is 0 Å². The number of aryl methyl sites for hydroxylation is 2. The maximum atomic E-state index is 11.5. The summed E-state index contributed by atoms with van der Waals surface area (Å²) in [6, 6.07) is 5.79. The third-order valence-electron chi connectivity index (χ3n) is 2.70. The highest BCUT2D eigenvalue weighted by molar-refractivity contribution is 5.73. The van der Waals surface area contributed by atoms with Crippen LogP contribution in [0.4, 0.5) is 0 Å². The second kappa shape index (κ2) is 6.05. The molecule has 0 aliphatic heterocycles. The molecule has 0 aromatic heterocycles. The summed E-state index contributed by atoms with van der Waals surface area (Å²) < 4.78 is 4.95. The van der Waals surface area contributed by atoms with Gasteiger partial charge in [-0.15, -0.1) is 0 Å². The van der Waals surface area contributed by atoms with Crippen molar-refractivity contribution in [2.24, 2.45) is 0 Å². The lowest BCUT2D eigenvalue weighted by atomic mass is 9.95. The van der Waals surface area contributed by atoms with Crippen molar-refractivity contribution in [3.8, 4) is 6.07 Å². The minimum Gasteiger partial charge on any atom is -0.466 e. The number of carbonyl (C=O) groups is 1. The molecule has 1 aromatic carbocycles. The quantitative estimate of drug-likeness (QED) is 0.748. The molecule has 0 saturated heterocycles. The number of nitrogens with zero attached hydrogens (tertiary/aromatic N) is 1. The van der Waals surface area contributed by atoms with Crippen LogP contribution in [-0.4, -0.2) is 12.6 Å². The van der Waals surface area contributed by atoms with E-state index in [2.05, 4.69) is 6.07 Å². The van der Waals surface area contributed by atoms with Crippen LogP contribution in [0.5, 0.6) is 0 Å². The minimum atomic E-state index is -0.213. The Hall–Kier alpha value is -1.82. The molecule has 3 heteroatoms. The van der Waals surface area contributed by atoms with Gasteiger partial charge in [-0.05, 0) is 49.1 Å². The van der Waals surface area contributed by atoms with Gasteiger partial charge in [0.1, 0.15) is 0 Å². The van der Waals surface area contributed by atoms with Crippen LogP contribution in [0.25, 0.3) is 0 Å². The largest absolute Gasteiger partial charge is 0.466 e. The fourth-order valence-electron chi connectivity index (χ4n) is 1.88. The van der Waals surface area contributed by atoms with Gasteiger partial charge < -0.3 is 4.74 Å². The monoisotopic (exact) mass is 231 g/mol. The van der Waals surface area contributed by atoms with E-state index in [9.17, 15) is 4.79 Å².